The standard InChI is InChI=1S/C24H22N6OS2/c25-23(33-19-11-9-17(10-12-19)15-16-5-4-6-16)30-22(31)21(27-28-24-26-13-14-32-24)20(29-30)18-7-2-1-3-8-18/h1-3,7-14,16,25,29H,4-6,15H2. The summed E-state index contributed by atoms with van der Waals surface area (Å²) in [6.07, 6.45) is 6.74. The van der Waals surface area contributed by atoms with Crippen LogP contribution in [0.1, 0.15) is 24.8 Å². The molecule has 1 aliphatic rings. The molecule has 4 aromatic rings. The molecule has 0 atom stereocenters. The molecule has 1 aliphatic carbocycles. The molecule has 1 saturated carbocycles. The lowest BCUT2D eigenvalue weighted by Crippen LogP contribution is -2.21. The van der Waals surface area contributed by atoms with Crippen molar-refractivity contribution in [3.8, 4) is 11.3 Å². The Bertz CT molecular complexity index is 1320. The Kier molecular flexibility index (Phi) is 6.32. The van der Waals surface area contributed by atoms with Gasteiger partial charge in [0.05, 0.1) is 5.69 Å². The van der Waals surface area contributed by atoms with Crippen LogP contribution in [-0.2, 0) is 6.42 Å². The smallest absolute Gasteiger partial charge is 0.286 e. The number of rotatable bonds is 6. The number of benzene rings is 2. The van der Waals surface area contributed by atoms with Crippen molar-refractivity contribution in [1.82, 2.24) is 14.8 Å². The van der Waals surface area contributed by atoms with E-state index in [1.54, 1.807) is 11.6 Å². The van der Waals surface area contributed by atoms with E-state index >= 15 is 0 Å². The van der Waals surface area contributed by atoms with E-state index in [1.165, 1.54) is 52.6 Å². The van der Waals surface area contributed by atoms with E-state index in [-0.39, 0.29) is 10.9 Å². The Morgan fingerprint density at radius 2 is 1.94 bits per heavy atom. The number of aromatic amines is 1. The molecule has 1 fully saturated rings. The monoisotopic (exact) mass is 474 g/mol. The van der Waals surface area contributed by atoms with E-state index in [9.17, 15) is 4.79 Å². The van der Waals surface area contributed by atoms with Crippen LogP contribution in [0.2, 0.25) is 0 Å². The van der Waals surface area contributed by atoms with Crippen molar-refractivity contribution in [3.05, 3.63) is 82.1 Å². The second-order valence-corrected chi connectivity index (χ2v) is 9.84. The Morgan fingerprint density at radius 3 is 2.61 bits per heavy atom. The summed E-state index contributed by atoms with van der Waals surface area (Å²) in [7, 11) is 0. The zero-order valence-electron chi connectivity index (χ0n) is 17.8. The lowest BCUT2D eigenvalue weighted by atomic mass is 9.81. The number of nitrogens with zero attached hydrogens (tertiary/aromatic N) is 4. The first-order valence-electron chi connectivity index (χ1n) is 10.7. The van der Waals surface area contributed by atoms with Crippen LogP contribution in [0.25, 0.3) is 11.3 Å². The molecule has 7 nitrogen and oxygen atoms in total. The lowest BCUT2D eigenvalue weighted by Gasteiger charge is -2.25. The first-order chi connectivity index (χ1) is 16.2. The lowest BCUT2D eigenvalue weighted by molar-refractivity contribution is 0.314. The Balaban J connectivity index is 1.41. The molecule has 0 radical (unpaired) electrons. The fourth-order valence-corrected chi connectivity index (χ4v) is 4.88. The number of nitrogens with one attached hydrogen (secondary N) is 2. The number of azo groups is 1. The third kappa shape index (κ3) is 4.89. The van der Waals surface area contributed by atoms with Crippen LogP contribution < -0.4 is 5.56 Å². The normalized spacial score (nSPS) is 13.9. The first-order valence-corrected chi connectivity index (χ1v) is 12.4. The molecule has 2 heterocycles. The molecule has 0 saturated heterocycles. The third-order valence-corrected chi connectivity index (χ3v) is 7.21. The summed E-state index contributed by atoms with van der Waals surface area (Å²) in [6, 6.07) is 17.7. The van der Waals surface area contributed by atoms with Gasteiger partial charge in [0.1, 0.15) is 0 Å². The van der Waals surface area contributed by atoms with Crippen molar-refractivity contribution in [2.75, 3.05) is 0 Å². The summed E-state index contributed by atoms with van der Waals surface area (Å²) in [6.45, 7) is 0. The molecule has 166 valence electrons. The molecule has 2 aromatic carbocycles. The SMILES string of the molecule is N=C(Sc1ccc(CC2CCC2)cc1)n1[nH]c(-c2ccccc2)c(N=Nc2nccs2)c1=O. The van der Waals surface area contributed by atoms with Crippen molar-refractivity contribution < 1.29 is 0 Å². The largest absolute Gasteiger partial charge is 0.301 e. The van der Waals surface area contributed by atoms with Gasteiger partial charge in [-0.2, -0.15) is 4.68 Å². The molecule has 0 bridgehead atoms. The van der Waals surface area contributed by atoms with E-state index in [4.69, 9.17) is 5.41 Å². The molecule has 9 heteroatoms. The van der Waals surface area contributed by atoms with E-state index < -0.39 is 5.56 Å². The van der Waals surface area contributed by atoms with Gasteiger partial charge < -0.3 is 0 Å². The fraction of sp³-hybridized carbons (Fsp3) is 0.208. The number of H-pyrrole nitrogens is 1. The van der Waals surface area contributed by atoms with Gasteiger partial charge in [0, 0.05) is 22.0 Å². The molecular weight excluding hydrogens is 452 g/mol. The highest BCUT2D eigenvalue weighted by Gasteiger charge is 2.20. The summed E-state index contributed by atoms with van der Waals surface area (Å²) in [5, 5.41) is 22.3. The molecule has 2 aromatic heterocycles. The second kappa shape index (κ2) is 9.68. The highest BCUT2D eigenvalue weighted by Crippen LogP contribution is 2.31. The molecule has 0 unspecified atom stereocenters. The van der Waals surface area contributed by atoms with Crippen molar-refractivity contribution in [2.45, 2.75) is 30.6 Å². The van der Waals surface area contributed by atoms with E-state index in [2.05, 4.69) is 32.4 Å². The van der Waals surface area contributed by atoms with E-state index in [0.29, 0.717) is 10.8 Å². The van der Waals surface area contributed by atoms with Crippen molar-refractivity contribution in [2.24, 2.45) is 16.1 Å². The van der Waals surface area contributed by atoms with Crippen molar-refractivity contribution in [3.63, 3.8) is 0 Å². The van der Waals surface area contributed by atoms with Gasteiger partial charge in [-0.15, -0.1) is 21.6 Å². The predicted octanol–water partition coefficient (Wildman–Crippen LogP) is 6.63. The highest BCUT2D eigenvalue weighted by molar-refractivity contribution is 8.13. The minimum Gasteiger partial charge on any atom is -0.286 e. The minimum atomic E-state index is -0.423. The van der Waals surface area contributed by atoms with Crippen molar-refractivity contribution in [1.29, 1.82) is 5.41 Å². The molecule has 2 N–H and O–H groups in total. The first kappa shape index (κ1) is 21.5. The summed E-state index contributed by atoms with van der Waals surface area (Å²) in [4.78, 5) is 18.2. The van der Waals surface area contributed by atoms with Gasteiger partial charge in [-0.05, 0) is 30.0 Å². The van der Waals surface area contributed by atoms with Gasteiger partial charge in [0.15, 0.2) is 10.9 Å². The van der Waals surface area contributed by atoms with Gasteiger partial charge in [0.25, 0.3) is 0 Å². The van der Waals surface area contributed by atoms with Gasteiger partial charge in [-0.25, -0.2) is 4.98 Å². The Morgan fingerprint density at radius 1 is 1.15 bits per heavy atom. The number of aromatic nitrogens is 3. The molecule has 0 aliphatic heterocycles. The molecule has 0 amide bonds. The van der Waals surface area contributed by atoms with Gasteiger partial charge in [-0.3, -0.25) is 15.3 Å². The van der Waals surface area contributed by atoms with Gasteiger partial charge >= 0.3 is 5.56 Å². The maximum absolute atomic E-state index is 13.2. The maximum atomic E-state index is 13.2. The van der Waals surface area contributed by atoms with Gasteiger partial charge in [0.2, 0.25) is 5.13 Å². The molecule has 5 rings (SSSR count). The molecule has 0 spiro atoms. The number of hydrogen-bond acceptors (Lipinski definition) is 7. The number of hydrogen-bond donors (Lipinski definition) is 2. The van der Waals surface area contributed by atoms with Crippen LogP contribution in [0.3, 0.4) is 0 Å². The topological polar surface area (TPSA) is 99.2 Å². The van der Waals surface area contributed by atoms with Crippen molar-refractivity contribution >= 4 is 39.1 Å². The summed E-state index contributed by atoms with van der Waals surface area (Å²) in [5.41, 5.74) is 2.36. The summed E-state index contributed by atoms with van der Waals surface area (Å²) >= 11 is 2.56. The van der Waals surface area contributed by atoms with E-state index in [1.807, 2.05) is 42.5 Å². The summed E-state index contributed by atoms with van der Waals surface area (Å²) < 4.78 is 1.21. The Hall–Kier alpha value is -3.30. The van der Waals surface area contributed by atoms with Crippen LogP contribution in [-0.4, -0.2) is 19.9 Å². The minimum absolute atomic E-state index is 0.0691. The zero-order valence-corrected chi connectivity index (χ0v) is 19.4. The van der Waals surface area contributed by atoms with Crippen LogP contribution >= 0.6 is 23.1 Å². The van der Waals surface area contributed by atoms with Crippen LogP contribution in [0.5, 0.6) is 0 Å². The third-order valence-electron chi connectivity index (χ3n) is 5.67. The van der Waals surface area contributed by atoms with Crippen LogP contribution in [0.15, 0.2) is 86.1 Å². The number of thioether (sulfide) groups is 1. The van der Waals surface area contributed by atoms with E-state index in [0.717, 1.165) is 22.8 Å². The quantitative estimate of drug-likeness (QED) is 0.142. The van der Waals surface area contributed by atoms with Crippen LogP contribution in [0.4, 0.5) is 10.8 Å². The Labute approximate surface area is 199 Å². The molecule has 33 heavy (non-hydrogen) atoms. The maximum Gasteiger partial charge on any atom is 0.301 e. The number of thiazole rings is 1. The average molecular weight is 475 g/mol. The zero-order chi connectivity index (χ0) is 22.6. The predicted molar refractivity (Wildman–Crippen MR) is 133 cm³/mol. The average Bonchev–Trinajstić information content (AvgIpc) is 3.44. The van der Waals surface area contributed by atoms with Gasteiger partial charge in [-0.1, -0.05) is 73.5 Å². The second-order valence-electron chi connectivity index (χ2n) is 7.91. The highest BCUT2D eigenvalue weighted by atomic mass is 32.2. The van der Waals surface area contributed by atoms with Crippen LogP contribution in [0, 0.1) is 11.3 Å². The summed E-state index contributed by atoms with van der Waals surface area (Å²) in [5.74, 6) is 0.813. The fourth-order valence-electron chi connectivity index (χ4n) is 3.71. The molecular formula is C24H22N6OS2.